The van der Waals surface area contributed by atoms with Crippen LogP contribution in [0.1, 0.15) is 23.0 Å². The quantitative estimate of drug-likeness (QED) is 0.734. The SMILES string of the molecule is CCc1ccc(NC(=O)c2ccnc(Nc3ccc(F)cc3)n2)cc1. The fourth-order valence-corrected chi connectivity index (χ4v) is 2.23. The van der Waals surface area contributed by atoms with Gasteiger partial charge in [-0.25, -0.2) is 14.4 Å². The van der Waals surface area contributed by atoms with Crippen LogP contribution in [-0.4, -0.2) is 15.9 Å². The first-order valence-electron chi connectivity index (χ1n) is 7.90. The monoisotopic (exact) mass is 336 g/mol. The predicted molar refractivity (Wildman–Crippen MR) is 95.5 cm³/mol. The van der Waals surface area contributed by atoms with Crippen LogP contribution in [0.3, 0.4) is 0 Å². The van der Waals surface area contributed by atoms with E-state index in [2.05, 4.69) is 27.5 Å². The molecular weight excluding hydrogens is 319 g/mol. The van der Waals surface area contributed by atoms with Crippen molar-refractivity contribution < 1.29 is 9.18 Å². The minimum absolute atomic E-state index is 0.235. The van der Waals surface area contributed by atoms with E-state index < -0.39 is 0 Å². The van der Waals surface area contributed by atoms with Crippen LogP contribution >= 0.6 is 0 Å². The zero-order valence-electron chi connectivity index (χ0n) is 13.7. The Balaban J connectivity index is 1.71. The molecule has 1 amide bonds. The highest BCUT2D eigenvalue weighted by molar-refractivity contribution is 6.03. The highest BCUT2D eigenvalue weighted by Crippen LogP contribution is 2.15. The van der Waals surface area contributed by atoms with Gasteiger partial charge in [0, 0.05) is 17.6 Å². The molecule has 126 valence electrons. The van der Waals surface area contributed by atoms with Gasteiger partial charge in [0.05, 0.1) is 0 Å². The third-order valence-electron chi connectivity index (χ3n) is 3.61. The summed E-state index contributed by atoms with van der Waals surface area (Å²) in [6.07, 6.45) is 2.44. The predicted octanol–water partition coefficient (Wildman–Crippen LogP) is 4.17. The van der Waals surface area contributed by atoms with Gasteiger partial charge >= 0.3 is 0 Å². The molecule has 0 aliphatic rings. The molecule has 3 aromatic rings. The minimum Gasteiger partial charge on any atom is -0.324 e. The number of aryl methyl sites for hydroxylation is 1. The standard InChI is InChI=1S/C19H17FN4O/c1-2-13-3-7-15(8-4-13)22-18(25)17-11-12-21-19(24-17)23-16-9-5-14(20)6-10-16/h3-12H,2H2,1H3,(H,22,25)(H,21,23,24). The number of halogens is 1. The number of hydrogen-bond donors (Lipinski definition) is 2. The van der Waals surface area contributed by atoms with Gasteiger partial charge in [-0.05, 0) is 54.4 Å². The molecule has 2 aromatic carbocycles. The largest absolute Gasteiger partial charge is 0.324 e. The van der Waals surface area contributed by atoms with E-state index in [-0.39, 0.29) is 23.4 Å². The van der Waals surface area contributed by atoms with Gasteiger partial charge in [-0.3, -0.25) is 4.79 Å². The van der Waals surface area contributed by atoms with Crippen LogP contribution in [0.2, 0.25) is 0 Å². The average molecular weight is 336 g/mol. The summed E-state index contributed by atoms with van der Waals surface area (Å²) >= 11 is 0. The molecule has 0 radical (unpaired) electrons. The van der Waals surface area contributed by atoms with Crippen molar-refractivity contribution in [1.29, 1.82) is 0 Å². The van der Waals surface area contributed by atoms with E-state index in [1.54, 1.807) is 12.1 Å². The maximum atomic E-state index is 12.9. The Hall–Kier alpha value is -3.28. The van der Waals surface area contributed by atoms with Crippen LogP contribution in [-0.2, 0) is 6.42 Å². The van der Waals surface area contributed by atoms with Crippen LogP contribution in [0, 0.1) is 5.82 Å². The van der Waals surface area contributed by atoms with E-state index >= 15 is 0 Å². The molecule has 0 aliphatic carbocycles. The van der Waals surface area contributed by atoms with Gasteiger partial charge in [-0.1, -0.05) is 19.1 Å². The lowest BCUT2D eigenvalue weighted by molar-refractivity contribution is 0.102. The first kappa shape index (κ1) is 16.6. The summed E-state index contributed by atoms with van der Waals surface area (Å²) in [6.45, 7) is 2.07. The molecule has 0 atom stereocenters. The second-order valence-electron chi connectivity index (χ2n) is 5.40. The minimum atomic E-state index is -0.325. The van der Waals surface area contributed by atoms with Crippen LogP contribution in [0.4, 0.5) is 21.7 Å². The van der Waals surface area contributed by atoms with Crippen LogP contribution in [0.5, 0.6) is 0 Å². The summed E-state index contributed by atoms with van der Waals surface area (Å²) in [5.74, 6) is -0.386. The van der Waals surface area contributed by atoms with Gasteiger partial charge in [0.15, 0.2) is 0 Å². The Kier molecular flexibility index (Phi) is 4.99. The zero-order chi connectivity index (χ0) is 17.6. The lowest BCUT2D eigenvalue weighted by Crippen LogP contribution is -2.14. The van der Waals surface area contributed by atoms with Crippen molar-refractivity contribution in [2.45, 2.75) is 13.3 Å². The molecule has 0 saturated heterocycles. The first-order chi connectivity index (χ1) is 12.1. The number of amides is 1. The Labute approximate surface area is 145 Å². The van der Waals surface area contributed by atoms with Gasteiger partial charge < -0.3 is 10.6 Å². The number of carbonyl (C=O) groups excluding carboxylic acids is 1. The molecule has 0 spiro atoms. The average Bonchev–Trinajstić information content (AvgIpc) is 2.64. The van der Waals surface area contributed by atoms with E-state index in [0.29, 0.717) is 11.4 Å². The number of anilines is 3. The smallest absolute Gasteiger partial charge is 0.274 e. The van der Waals surface area contributed by atoms with Crippen molar-refractivity contribution in [1.82, 2.24) is 9.97 Å². The Bertz CT molecular complexity index is 863. The number of benzene rings is 2. The van der Waals surface area contributed by atoms with Crippen molar-refractivity contribution in [2.75, 3.05) is 10.6 Å². The van der Waals surface area contributed by atoms with Crippen molar-refractivity contribution in [2.24, 2.45) is 0 Å². The van der Waals surface area contributed by atoms with Crippen molar-refractivity contribution in [3.63, 3.8) is 0 Å². The number of nitrogens with one attached hydrogen (secondary N) is 2. The van der Waals surface area contributed by atoms with Gasteiger partial charge in [0.1, 0.15) is 11.5 Å². The lowest BCUT2D eigenvalue weighted by atomic mass is 10.1. The zero-order valence-corrected chi connectivity index (χ0v) is 13.7. The molecule has 0 saturated carbocycles. The normalized spacial score (nSPS) is 10.3. The number of rotatable bonds is 5. The second kappa shape index (κ2) is 7.53. The molecule has 0 fully saturated rings. The highest BCUT2D eigenvalue weighted by atomic mass is 19.1. The van der Waals surface area contributed by atoms with Gasteiger partial charge in [-0.15, -0.1) is 0 Å². The van der Waals surface area contributed by atoms with E-state index in [0.717, 1.165) is 6.42 Å². The fourth-order valence-electron chi connectivity index (χ4n) is 2.23. The maximum Gasteiger partial charge on any atom is 0.274 e. The van der Waals surface area contributed by atoms with Crippen molar-refractivity contribution >= 4 is 23.2 Å². The maximum absolute atomic E-state index is 12.9. The van der Waals surface area contributed by atoms with Crippen molar-refractivity contribution in [3.8, 4) is 0 Å². The molecule has 2 N–H and O–H groups in total. The highest BCUT2D eigenvalue weighted by Gasteiger charge is 2.09. The fraction of sp³-hybridized carbons (Fsp3) is 0.105. The van der Waals surface area contributed by atoms with Crippen LogP contribution in [0.25, 0.3) is 0 Å². The summed E-state index contributed by atoms with van der Waals surface area (Å²) in [7, 11) is 0. The summed E-state index contributed by atoms with van der Waals surface area (Å²) in [4.78, 5) is 20.6. The lowest BCUT2D eigenvalue weighted by Gasteiger charge is -2.08. The van der Waals surface area contributed by atoms with Crippen LogP contribution < -0.4 is 10.6 Å². The number of aromatic nitrogens is 2. The third-order valence-corrected chi connectivity index (χ3v) is 3.61. The summed E-state index contributed by atoms with van der Waals surface area (Å²) in [5, 5.41) is 5.74. The van der Waals surface area contributed by atoms with Gasteiger partial charge in [0.2, 0.25) is 5.95 Å². The van der Waals surface area contributed by atoms with E-state index in [4.69, 9.17) is 0 Å². The van der Waals surface area contributed by atoms with Gasteiger partial charge in [-0.2, -0.15) is 0 Å². The second-order valence-corrected chi connectivity index (χ2v) is 5.40. The summed E-state index contributed by atoms with van der Waals surface area (Å²) < 4.78 is 12.9. The molecule has 0 bridgehead atoms. The molecular formula is C19H17FN4O. The van der Waals surface area contributed by atoms with Crippen LogP contribution in [0.15, 0.2) is 60.8 Å². The molecule has 0 unspecified atom stereocenters. The topological polar surface area (TPSA) is 66.9 Å². The molecule has 25 heavy (non-hydrogen) atoms. The molecule has 0 aliphatic heterocycles. The summed E-state index contributed by atoms with van der Waals surface area (Å²) in [5.41, 5.74) is 2.77. The Morgan fingerprint density at radius 3 is 2.36 bits per heavy atom. The van der Waals surface area contributed by atoms with E-state index in [1.165, 1.54) is 30.0 Å². The molecule has 1 heterocycles. The molecule has 3 rings (SSSR count). The number of nitrogens with zero attached hydrogens (tertiary/aromatic N) is 2. The number of carbonyl (C=O) groups is 1. The van der Waals surface area contributed by atoms with E-state index in [1.807, 2.05) is 24.3 Å². The first-order valence-corrected chi connectivity index (χ1v) is 7.90. The van der Waals surface area contributed by atoms with Crippen molar-refractivity contribution in [3.05, 3.63) is 77.9 Å². The third kappa shape index (κ3) is 4.38. The Morgan fingerprint density at radius 1 is 1.00 bits per heavy atom. The molecule has 6 heteroatoms. The van der Waals surface area contributed by atoms with E-state index in [9.17, 15) is 9.18 Å². The molecule has 1 aromatic heterocycles. The van der Waals surface area contributed by atoms with Gasteiger partial charge in [0.25, 0.3) is 5.91 Å². The number of hydrogen-bond acceptors (Lipinski definition) is 4. The molecule has 5 nitrogen and oxygen atoms in total. The summed E-state index contributed by atoms with van der Waals surface area (Å²) in [6, 6.07) is 15.0. The Morgan fingerprint density at radius 2 is 1.68 bits per heavy atom.